The Balaban J connectivity index is 3.84. The van der Waals surface area contributed by atoms with Crippen LogP contribution in [-0.4, -0.2) is 18.5 Å². The Kier molecular flexibility index (Phi) is 4.10. The van der Waals surface area contributed by atoms with Gasteiger partial charge in [-0.05, 0) is 0 Å². The number of hydrogen-bond donors (Lipinski definition) is 1. The van der Waals surface area contributed by atoms with Gasteiger partial charge in [-0.3, -0.25) is 4.79 Å². The molecule has 0 unspecified atom stereocenters. The zero-order valence-electron chi connectivity index (χ0n) is 6.19. The summed E-state index contributed by atoms with van der Waals surface area (Å²) in [5.41, 5.74) is 0. The highest BCUT2D eigenvalue weighted by Gasteiger charge is 2.35. The van der Waals surface area contributed by atoms with Crippen molar-refractivity contribution >= 4 is 5.78 Å². The highest BCUT2D eigenvalue weighted by molar-refractivity contribution is 5.94. The molecule has 0 saturated heterocycles. The van der Waals surface area contributed by atoms with Crippen LogP contribution in [0.25, 0.3) is 0 Å². The molecule has 0 atom stereocenters. The number of carbonyl (C=O) groups excluding carboxylic acids is 1. The number of halogens is 3. The number of hydrogen-bond acceptors (Lipinski definition) is 2. The van der Waals surface area contributed by atoms with Gasteiger partial charge in [0, 0.05) is 18.8 Å². The molecule has 5 heteroatoms. The monoisotopic (exact) mass is 179 g/mol. The number of ketones is 1. The SMILES string of the molecule is C=CCN/C=C\C(=O)C(F)(F)F. The van der Waals surface area contributed by atoms with Crippen molar-refractivity contribution < 1.29 is 18.0 Å². The Bertz CT molecular complexity index is 195. The van der Waals surface area contributed by atoms with Gasteiger partial charge in [0.25, 0.3) is 5.78 Å². The van der Waals surface area contributed by atoms with Gasteiger partial charge in [0.05, 0.1) is 0 Å². The quantitative estimate of drug-likeness (QED) is 0.401. The fourth-order valence-corrected chi connectivity index (χ4v) is 0.380. The van der Waals surface area contributed by atoms with Gasteiger partial charge in [0.2, 0.25) is 0 Å². The summed E-state index contributed by atoms with van der Waals surface area (Å²) in [5.74, 6) is -1.88. The summed E-state index contributed by atoms with van der Waals surface area (Å²) >= 11 is 0. The van der Waals surface area contributed by atoms with Gasteiger partial charge in [0.15, 0.2) is 0 Å². The van der Waals surface area contributed by atoms with Gasteiger partial charge in [-0.1, -0.05) is 6.08 Å². The first-order chi connectivity index (χ1) is 5.48. The van der Waals surface area contributed by atoms with E-state index in [0.29, 0.717) is 12.6 Å². The maximum Gasteiger partial charge on any atom is 0.454 e. The minimum atomic E-state index is -4.79. The first-order valence-corrected chi connectivity index (χ1v) is 3.10. The van der Waals surface area contributed by atoms with Crippen LogP contribution in [0, 0.1) is 0 Å². The van der Waals surface area contributed by atoms with E-state index in [1.54, 1.807) is 0 Å². The molecule has 0 aliphatic heterocycles. The van der Waals surface area contributed by atoms with E-state index < -0.39 is 12.0 Å². The number of carbonyl (C=O) groups is 1. The van der Waals surface area contributed by atoms with Crippen LogP contribution in [0.1, 0.15) is 0 Å². The molecule has 0 spiro atoms. The molecule has 0 radical (unpaired) electrons. The molecule has 0 aromatic heterocycles. The summed E-state index contributed by atoms with van der Waals surface area (Å²) in [4.78, 5) is 10.2. The lowest BCUT2D eigenvalue weighted by atomic mass is 10.4. The maximum absolute atomic E-state index is 11.5. The summed E-state index contributed by atoms with van der Waals surface area (Å²) in [6.45, 7) is 3.64. The predicted molar refractivity (Wildman–Crippen MR) is 38.4 cm³/mol. The molecule has 68 valence electrons. The second kappa shape index (κ2) is 4.58. The largest absolute Gasteiger partial charge is 0.454 e. The number of nitrogens with one attached hydrogen (secondary N) is 1. The predicted octanol–water partition coefficient (Wildman–Crippen LogP) is 1.41. The summed E-state index contributed by atoms with van der Waals surface area (Å²) in [5, 5.41) is 2.42. The van der Waals surface area contributed by atoms with E-state index in [4.69, 9.17) is 0 Å². The lowest BCUT2D eigenvalue weighted by molar-refractivity contribution is -0.165. The van der Waals surface area contributed by atoms with E-state index in [1.807, 2.05) is 0 Å². The molecule has 0 heterocycles. The zero-order chi connectivity index (χ0) is 9.61. The van der Waals surface area contributed by atoms with Gasteiger partial charge in [-0.25, -0.2) is 0 Å². The van der Waals surface area contributed by atoms with Crippen molar-refractivity contribution in [1.82, 2.24) is 5.32 Å². The van der Waals surface area contributed by atoms with Gasteiger partial charge >= 0.3 is 6.18 Å². The van der Waals surface area contributed by atoms with Crippen LogP contribution in [0.15, 0.2) is 24.9 Å². The van der Waals surface area contributed by atoms with Crippen LogP contribution >= 0.6 is 0 Å². The van der Waals surface area contributed by atoms with Crippen molar-refractivity contribution in [1.29, 1.82) is 0 Å². The topological polar surface area (TPSA) is 29.1 Å². The van der Waals surface area contributed by atoms with E-state index in [1.165, 1.54) is 6.08 Å². The van der Waals surface area contributed by atoms with Crippen molar-refractivity contribution in [3.8, 4) is 0 Å². The van der Waals surface area contributed by atoms with E-state index in [0.717, 1.165) is 6.20 Å². The maximum atomic E-state index is 11.5. The molecule has 0 aromatic carbocycles. The van der Waals surface area contributed by atoms with Crippen LogP contribution in [0.3, 0.4) is 0 Å². The lowest BCUT2D eigenvalue weighted by Crippen LogP contribution is -2.20. The smallest absolute Gasteiger partial charge is 0.387 e. The molecule has 0 saturated carbocycles. The molecule has 0 aliphatic rings. The van der Waals surface area contributed by atoms with Gasteiger partial charge in [-0.2, -0.15) is 13.2 Å². The van der Waals surface area contributed by atoms with Crippen LogP contribution in [-0.2, 0) is 4.79 Å². The van der Waals surface area contributed by atoms with Crippen molar-refractivity contribution in [3.05, 3.63) is 24.9 Å². The first kappa shape index (κ1) is 10.7. The number of rotatable bonds is 4. The van der Waals surface area contributed by atoms with E-state index >= 15 is 0 Å². The third kappa shape index (κ3) is 4.54. The Labute approximate surface area is 67.8 Å². The van der Waals surface area contributed by atoms with E-state index in [9.17, 15) is 18.0 Å². The molecule has 12 heavy (non-hydrogen) atoms. The van der Waals surface area contributed by atoms with Gasteiger partial charge < -0.3 is 5.32 Å². The molecule has 0 fully saturated rings. The Morgan fingerprint density at radius 3 is 2.50 bits per heavy atom. The molecule has 0 amide bonds. The summed E-state index contributed by atoms with van der Waals surface area (Å²) in [6, 6.07) is 0. The van der Waals surface area contributed by atoms with Crippen molar-refractivity contribution in [2.75, 3.05) is 6.54 Å². The van der Waals surface area contributed by atoms with Crippen molar-refractivity contribution in [3.63, 3.8) is 0 Å². The van der Waals surface area contributed by atoms with E-state index in [2.05, 4.69) is 11.9 Å². The third-order valence-corrected chi connectivity index (χ3v) is 0.894. The van der Waals surface area contributed by atoms with Crippen molar-refractivity contribution in [2.24, 2.45) is 0 Å². The fourth-order valence-electron chi connectivity index (χ4n) is 0.380. The minimum Gasteiger partial charge on any atom is -0.387 e. The van der Waals surface area contributed by atoms with E-state index in [-0.39, 0.29) is 0 Å². The number of alkyl halides is 3. The second-order valence-corrected chi connectivity index (χ2v) is 1.89. The molecule has 0 aromatic rings. The minimum absolute atomic E-state index is 0.321. The summed E-state index contributed by atoms with van der Waals surface area (Å²) in [7, 11) is 0. The lowest BCUT2D eigenvalue weighted by Gasteiger charge is -1.99. The fraction of sp³-hybridized carbons (Fsp3) is 0.286. The highest BCUT2D eigenvalue weighted by Crippen LogP contribution is 2.15. The van der Waals surface area contributed by atoms with Crippen LogP contribution in [0.2, 0.25) is 0 Å². The standard InChI is InChI=1S/C7H8F3NO/c1-2-4-11-5-3-6(12)7(8,9)10/h2-3,5,11H,1,4H2/b5-3-. The van der Waals surface area contributed by atoms with Gasteiger partial charge in [0.1, 0.15) is 0 Å². The molecular formula is C7H8F3NO. The second-order valence-electron chi connectivity index (χ2n) is 1.89. The Hall–Kier alpha value is -1.26. The molecule has 0 aliphatic carbocycles. The summed E-state index contributed by atoms with van der Waals surface area (Å²) in [6.07, 6.45) is -1.95. The van der Waals surface area contributed by atoms with Crippen LogP contribution < -0.4 is 5.32 Å². The average molecular weight is 179 g/mol. The molecule has 2 nitrogen and oxygen atoms in total. The van der Waals surface area contributed by atoms with Gasteiger partial charge in [-0.15, -0.1) is 6.58 Å². The Morgan fingerprint density at radius 2 is 2.08 bits per heavy atom. The first-order valence-electron chi connectivity index (χ1n) is 3.10. The zero-order valence-corrected chi connectivity index (χ0v) is 6.19. The average Bonchev–Trinajstić information content (AvgIpc) is 1.96. The highest BCUT2D eigenvalue weighted by atomic mass is 19.4. The molecule has 0 bridgehead atoms. The molecular weight excluding hydrogens is 171 g/mol. The normalized spacial score (nSPS) is 11.6. The molecule has 1 N–H and O–H groups in total. The van der Waals surface area contributed by atoms with Crippen LogP contribution in [0.5, 0.6) is 0 Å². The number of allylic oxidation sites excluding steroid dienone is 1. The molecule has 0 rings (SSSR count). The Morgan fingerprint density at radius 1 is 1.50 bits per heavy atom. The third-order valence-electron chi connectivity index (χ3n) is 0.894. The van der Waals surface area contributed by atoms with Crippen molar-refractivity contribution in [2.45, 2.75) is 6.18 Å². The summed E-state index contributed by atoms with van der Waals surface area (Å²) < 4.78 is 34.5. The van der Waals surface area contributed by atoms with Crippen LogP contribution in [0.4, 0.5) is 13.2 Å².